The van der Waals surface area contributed by atoms with Crippen LogP contribution < -0.4 is 5.32 Å². The maximum atomic E-state index is 12.1. The van der Waals surface area contributed by atoms with Crippen LogP contribution in [-0.2, 0) is 21.1 Å². The van der Waals surface area contributed by atoms with Crippen molar-refractivity contribution in [3.63, 3.8) is 0 Å². The Morgan fingerprint density at radius 3 is 2.17 bits per heavy atom. The Balaban J connectivity index is 1.90. The van der Waals surface area contributed by atoms with Crippen molar-refractivity contribution in [3.05, 3.63) is 65.2 Å². The second-order valence-corrected chi connectivity index (χ2v) is 8.13. The van der Waals surface area contributed by atoms with Crippen molar-refractivity contribution in [2.45, 2.75) is 37.6 Å². The fourth-order valence-corrected chi connectivity index (χ4v) is 3.04. The number of nitrogens with one attached hydrogen (secondary N) is 1. The van der Waals surface area contributed by atoms with Crippen LogP contribution in [0.1, 0.15) is 36.1 Å². The SMILES string of the molecule is Cc1ccc(CCC(=O)N[C@@H](C)c2ccc(S(C)(=O)=O)cc2)cc1. The van der Waals surface area contributed by atoms with Crippen molar-refractivity contribution in [3.8, 4) is 0 Å². The zero-order valence-electron chi connectivity index (χ0n) is 14.2. The summed E-state index contributed by atoms with van der Waals surface area (Å²) in [5, 5.41) is 2.95. The number of benzene rings is 2. The van der Waals surface area contributed by atoms with Crippen molar-refractivity contribution < 1.29 is 13.2 Å². The molecule has 1 amide bonds. The van der Waals surface area contributed by atoms with Crippen LogP contribution in [0, 0.1) is 6.92 Å². The zero-order chi connectivity index (χ0) is 17.7. The lowest BCUT2D eigenvalue weighted by Crippen LogP contribution is -2.26. The molecule has 0 aliphatic carbocycles. The molecule has 1 N–H and O–H groups in total. The summed E-state index contributed by atoms with van der Waals surface area (Å²) in [6.07, 6.45) is 2.30. The number of sulfone groups is 1. The zero-order valence-corrected chi connectivity index (χ0v) is 15.1. The predicted octanol–water partition coefficient (Wildman–Crippen LogP) is 3.21. The van der Waals surface area contributed by atoms with E-state index in [0.29, 0.717) is 12.8 Å². The van der Waals surface area contributed by atoms with Gasteiger partial charge in [-0.25, -0.2) is 8.42 Å². The van der Waals surface area contributed by atoms with Gasteiger partial charge in [-0.05, 0) is 43.5 Å². The standard InChI is InChI=1S/C19H23NO3S/c1-14-4-6-16(7-5-14)8-13-19(21)20-15(2)17-9-11-18(12-10-17)24(3,22)23/h4-7,9-12,15H,8,13H2,1-3H3,(H,20,21)/t15-/m0/s1. The molecule has 0 spiro atoms. The Morgan fingerprint density at radius 1 is 1.04 bits per heavy atom. The molecule has 0 fully saturated rings. The first-order valence-electron chi connectivity index (χ1n) is 7.90. The molecule has 2 aromatic carbocycles. The van der Waals surface area contributed by atoms with Gasteiger partial charge in [0.2, 0.25) is 5.91 Å². The molecule has 128 valence electrons. The number of aryl methyl sites for hydroxylation is 2. The third-order valence-electron chi connectivity index (χ3n) is 3.95. The van der Waals surface area contributed by atoms with Crippen LogP contribution in [0.2, 0.25) is 0 Å². The van der Waals surface area contributed by atoms with Crippen molar-refractivity contribution in [1.82, 2.24) is 5.32 Å². The molecule has 2 rings (SSSR count). The molecule has 0 aliphatic rings. The van der Waals surface area contributed by atoms with Crippen LogP contribution >= 0.6 is 0 Å². The highest BCUT2D eigenvalue weighted by Crippen LogP contribution is 2.16. The van der Waals surface area contributed by atoms with Gasteiger partial charge in [0.1, 0.15) is 0 Å². The Hall–Kier alpha value is -2.14. The van der Waals surface area contributed by atoms with Crippen molar-refractivity contribution in [2.75, 3.05) is 6.26 Å². The lowest BCUT2D eigenvalue weighted by atomic mass is 10.1. The molecule has 0 aliphatic heterocycles. The lowest BCUT2D eigenvalue weighted by Gasteiger charge is -2.15. The first-order valence-corrected chi connectivity index (χ1v) is 9.80. The van der Waals surface area contributed by atoms with Gasteiger partial charge in [-0.1, -0.05) is 42.0 Å². The minimum absolute atomic E-state index is 0.0183. The van der Waals surface area contributed by atoms with E-state index in [4.69, 9.17) is 0 Å². The monoisotopic (exact) mass is 345 g/mol. The van der Waals surface area contributed by atoms with Gasteiger partial charge in [-0.3, -0.25) is 4.79 Å². The minimum atomic E-state index is -3.20. The topological polar surface area (TPSA) is 63.2 Å². The van der Waals surface area contributed by atoms with E-state index in [-0.39, 0.29) is 16.8 Å². The molecule has 0 heterocycles. The van der Waals surface area contributed by atoms with Gasteiger partial charge in [-0.2, -0.15) is 0 Å². The largest absolute Gasteiger partial charge is 0.350 e. The summed E-state index contributed by atoms with van der Waals surface area (Å²) in [5.74, 6) is -0.0183. The second-order valence-electron chi connectivity index (χ2n) is 6.12. The van der Waals surface area contributed by atoms with Gasteiger partial charge in [0.05, 0.1) is 10.9 Å². The van der Waals surface area contributed by atoms with E-state index in [1.807, 2.05) is 38.1 Å². The average molecular weight is 345 g/mol. The van der Waals surface area contributed by atoms with Gasteiger partial charge in [0, 0.05) is 12.7 Å². The van der Waals surface area contributed by atoms with Crippen LogP contribution in [0.5, 0.6) is 0 Å². The van der Waals surface area contributed by atoms with Crippen LogP contribution in [0.15, 0.2) is 53.4 Å². The van der Waals surface area contributed by atoms with E-state index in [1.54, 1.807) is 24.3 Å². The van der Waals surface area contributed by atoms with E-state index in [1.165, 1.54) is 11.8 Å². The number of rotatable bonds is 6. The van der Waals surface area contributed by atoms with E-state index >= 15 is 0 Å². The summed E-state index contributed by atoms with van der Waals surface area (Å²) in [6.45, 7) is 3.92. The molecule has 4 nitrogen and oxygen atoms in total. The maximum Gasteiger partial charge on any atom is 0.220 e. The third kappa shape index (κ3) is 5.20. The van der Waals surface area contributed by atoms with Crippen LogP contribution in [0.25, 0.3) is 0 Å². The highest BCUT2D eigenvalue weighted by molar-refractivity contribution is 7.90. The summed E-state index contributed by atoms with van der Waals surface area (Å²) in [4.78, 5) is 12.4. The molecule has 5 heteroatoms. The van der Waals surface area contributed by atoms with Gasteiger partial charge >= 0.3 is 0 Å². The van der Waals surface area contributed by atoms with E-state index in [9.17, 15) is 13.2 Å². The predicted molar refractivity (Wildman–Crippen MR) is 95.6 cm³/mol. The normalized spacial score (nSPS) is 12.6. The van der Waals surface area contributed by atoms with Gasteiger partial charge in [-0.15, -0.1) is 0 Å². The van der Waals surface area contributed by atoms with Crippen molar-refractivity contribution >= 4 is 15.7 Å². The van der Waals surface area contributed by atoms with E-state index in [2.05, 4.69) is 5.32 Å². The average Bonchev–Trinajstić information content (AvgIpc) is 2.53. The summed E-state index contributed by atoms with van der Waals surface area (Å²) < 4.78 is 22.9. The molecule has 24 heavy (non-hydrogen) atoms. The number of carbonyl (C=O) groups excluding carboxylic acids is 1. The molecular weight excluding hydrogens is 322 g/mol. The Morgan fingerprint density at radius 2 is 1.62 bits per heavy atom. The highest BCUT2D eigenvalue weighted by Gasteiger charge is 2.12. The molecule has 0 unspecified atom stereocenters. The van der Waals surface area contributed by atoms with E-state index < -0.39 is 9.84 Å². The fraction of sp³-hybridized carbons (Fsp3) is 0.316. The van der Waals surface area contributed by atoms with Gasteiger partial charge < -0.3 is 5.32 Å². The number of hydrogen-bond acceptors (Lipinski definition) is 3. The number of amides is 1. The second kappa shape index (κ2) is 7.62. The molecule has 2 aromatic rings. The van der Waals surface area contributed by atoms with Crippen LogP contribution in [0.4, 0.5) is 0 Å². The maximum absolute atomic E-state index is 12.1. The summed E-state index contributed by atoms with van der Waals surface area (Å²) in [7, 11) is -3.20. The first kappa shape index (κ1) is 18.2. The number of carbonyl (C=O) groups is 1. The highest BCUT2D eigenvalue weighted by atomic mass is 32.2. The minimum Gasteiger partial charge on any atom is -0.350 e. The van der Waals surface area contributed by atoms with E-state index in [0.717, 1.165) is 11.1 Å². The Kier molecular flexibility index (Phi) is 5.78. The van der Waals surface area contributed by atoms with Gasteiger partial charge in [0.15, 0.2) is 9.84 Å². The van der Waals surface area contributed by atoms with Crippen LogP contribution in [-0.4, -0.2) is 20.6 Å². The Bertz CT molecular complexity index is 794. The molecule has 1 atom stereocenters. The van der Waals surface area contributed by atoms with Crippen molar-refractivity contribution in [2.24, 2.45) is 0 Å². The molecule has 0 saturated heterocycles. The molecular formula is C19H23NO3S. The molecule has 0 saturated carbocycles. The fourth-order valence-electron chi connectivity index (χ4n) is 2.41. The third-order valence-corrected chi connectivity index (χ3v) is 5.08. The van der Waals surface area contributed by atoms with Gasteiger partial charge in [0.25, 0.3) is 0 Å². The summed E-state index contributed by atoms with van der Waals surface area (Å²) >= 11 is 0. The van der Waals surface area contributed by atoms with Crippen molar-refractivity contribution in [1.29, 1.82) is 0 Å². The van der Waals surface area contributed by atoms with Crippen LogP contribution in [0.3, 0.4) is 0 Å². The summed E-state index contributed by atoms with van der Waals surface area (Å²) in [6, 6.07) is 14.6. The quantitative estimate of drug-likeness (QED) is 0.874. The first-order chi connectivity index (χ1) is 11.3. The lowest BCUT2D eigenvalue weighted by molar-refractivity contribution is -0.121. The Labute approximate surface area is 143 Å². The summed E-state index contributed by atoms with van der Waals surface area (Å²) in [5.41, 5.74) is 3.22. The molecule has 0 bridgehead atoms. The number of hydrogen-bond donors (Lipinski definition) is 1. The smallest absolute Gasteiger partial charge is 0.220 e. The molecule has 0 radical (unpaired) electrons. The molecule has 0 aromatic heterocycles.